The Hall–Kier alpha value is -2.19. The molecule has 1 amide bonds. The first-order valence-corrected chi connectivity index (χ1v) is 11.1. The van der Waals surface area contributed by atoms with Gasteiger partial charge in [0.05, 0.1) is 11.4 Å². The average molecular weight is 508 g/mol. The number of rotatable bonds is 5. The van der Waals surface area contributed by atoms with Crippen LogP contribution in [-0.2, 0) is 4.79 Å². The highest BCUT2D eigenvalue weighted by Gasteiger charge is 2.16. The molecule has 29 heavy (non-hydrogen) atoms. The largest absolute Gasteiger partial charge is 0.309 e. The van der Waals surface area contributed by atoms with E-state index in [-0.39, 0.29) is 11.8 Å². The first-order chi connectivity index (χ1) is 14.0. The van der Waals surface area contributed by atoms with Crippen LogP contribution in [0.4, 0.5) is 5.82 Å². The van der Waals surface area contributed by atoms with Gasteiger partial charge in [-0.25, -0.2) is 4.98 Å². The van der Waals surface area contributed by atoms with Crippen molar-refractivity contribution in [2.24, 2.45) is 0 Å². The topological polar surface area (TPSA) is 59.8 Å². The number of aromatic nitrogens is 3. The lowest BCUT2D eigenvalue weighted by atomic mass is 10.1. The van der Waals surface area contributed by atoms with Crippen molar-refractivity contribution in [1.29, 1.82) is 0 Å². The Bertz CT molecular complexity index is 1160. The Labute approximate surface area is 189 Å². The van der Waals surface area contributed by atoms with E-state index in [1.807, 2.05) is 53.9 Å². The molecule has 0 unspecified atom stereocenters. The molecule has 0 radical (unpaired) electrons. The lowest BCUT2D eigenvalue weighted by molar-refractivity contribution is -0.114. The summed E-state index contributed by atoms with van der Waals surface area (Å²) in [6.45, 7) is 0. The second-order valence-corrected chi connectivity index (χ2v) is 8.49. The number of nitrogens with one attached hydrogen (secondary N) is 1. The maximum Gasteiger partial charge on any atom is 0.240 e. The van der Waals surface area contributed by atoms with E-state index in [2.05, 4.69) is 31.3 Å². The van der Waals surface area contributed by atoms with Crippen molar-refractivity contribution in [2.45, 2.75) is 0 Å². The van der Waals surface area contributed by atoms with Gasteiger partial charge >= 0.3 is 0 Å². The molecule has 2 aromatic heterocycles. The number of amides is 1. The van der Waals surface area contributed by atoms with Crippen molar-refractivity contribution < 1.29 is 4.79 Å². The molecule has 0 aliphatic carbocycles. The van der Waals surface area contributed by atoms with Gasteiger partial charge in [-0.1, -0.05) is 51.8 Å². The highest BCUT2D eigenvalue weighted by molar-refractivity contribution is 9.10. The summed E-state index contributed by atoms with van der Waals surface area (Å²) in [4.78, 5) is 16.6. The Kier molecular flexibility index (Phi) is 6.01. The van der Waals surface area contributed by atoms with Gasteiger partial charge in [0.1, 0.15) is 11.7 Å². The van der Waals surface area contributed by atoms with Gasteiger partial charge in [0, 0.05) is 32.1 Å². The van der Waals surface area contributed by atoms with E-state index in [1.165, 1.54) is 11.3 Å². The monoisotopic (exact) mass is 506 g/mol. The zero-order valence-corrected chi connectivity index (χ0v) is 18.7. The first kappa shape index (κ1) is 20.1. The number of carbonyl (C=O) groups excluding carboxylic acids is 1. The number of benzene rings is 2. The molecule has 0 fully saturated rings. The molecule has 0 aliphatic heterocycles. The predicted octanol–water partition coefficient (Wildman–Crippen LogP) is 6.26. The first-order valence-electron chi connectivity index (χ1n) is 8.47. The fourth-order valence-corrected chi connectivity index (χ4v) is 3.92. The third-order valence-corrected chi connectivity index (χ3v) is 5.89. The van der Waals surface area contributed by atoms with E-state index in [0.717, 1.165) is 21.3 Å². The molecular weight excluding hydrogens is 495 g/mol. The van der Waals surface area contributed by atoms with Gasteiger partial charge in [-0.3, -0.25) is 4.79 Å². The fraction of sp³-hybridized carbons (Fsp3) is 0.0500. The SMILES string of the molecule is O=C(CCl)Nc1cc(-c2ccc(Br)cc2)nn1-c1nc(-c2ccc(Cl)cc2)cs1. The number of hydrogen-bond donors (Lipinski definition) is 1. The summed E-state index contributed by atoms with van der Waals surface area (Å²) in [6, 6.07) is 17.0. The van der Waals surface area contributed by atoms with Crippen LogP contribution >= 0.6 is 50.5 Å². The van der Waals surface area contributed by atoms with Crippen LogP contribution in [0, 0.1) is 0 Å². The van der Waals surface area contributed by atoms with E-state index >= 15 is 0 Å². The molecule has 0 aliphatic rings. The van der Waals surface area contributed by atoms with Crippen molar-refractivity contribution in [2.75, 3.05) is 11.2 Å². The minimum Gasteiger partial charge on any atom is -0.309 e. The summed E-state index contributed by atoms with van der Waals surface area (Å²) in [5, 5.41) is 10.7. The summed E-state index contributed by atoms with van der Waals surface area (Å²) in [7, 11) is 0. The molecule has 9 heteroatoms. The lowest BCUT2D eigenvalue weighted by Gasteiger charge is -2.04. The molecule has 2 aromatic carbocycles. The van der Waals surface area contributed by atoms with Crippen LogP contribution in [-0.4, -0.2) is 26.6 Å². The number of carbonyl (C=O) groups is 1. The summed E-state index contributed by atoms with van der Waals surface area (Å²) in [5.74, 6) is 0.0439. The van der Waals surface area contributed by atoms with Gasteiger partial charge in [0.15, 0.2) is 0 Å². The second kappa shape index (κ2) is 8.67. The molecule has 1 N–H and O–H groups in total. The van der Waals surface area contributed by atoms with Crippen LogP contribution in [0.25, 0.3) is 27.6 Å². The lowest BCUT2D eigenvalue weighted by Crippen LogP contribution is -2.15. The zero-order valence-electron chi connectivity index (χ0n) is 14.8. The molecule has 4 aromatic rings. The summed E-state index contributed by atoms with van der Waals surface area (Å²) in [6.07, 6.45) is 0. The molecule has 4 rings (SSSR count). The van der Waals surface area contributed by atoms with E-state index < -0.39 is 0 Å². The van der Waals surface area contributed by atoms with Gasteiger partial charge in [-0.15, -0.1) is 22.9 Å². The minimum atomic E-state index is -0.315. The van der Waals surface area contributed by atoms with Gasteiger partial charge in [0.2, 0.25) is 11.0 Å². The summed E-state index contributed by atoms with van der Waals surface area (Å²) < 4.78 is 2.59. The number of alkyl halides is 1. The third-order valence-electron chi connectivity index (χ3n) is 4.05. The highest BCUT2D eigenvalue weighted by atomic mass is 79.9. The number of thiazole rings is 1. The number of anilines is 1. The normalized spacial score (nSPS) is 10.9. The average Bonchev–Trinajstić information content (AvgIpc) is 3.36. The van der Waals surface area contributed by atoms with Gasteiger partial charge < -0.3 is 5.32 Å². The number of hydrogen-bond acceptors (Lipinski definition) is 4. The quantitative estimate of drug-likeness (QED) is 0.324. The highest BCUT2D eigenvalue weighted by Crippen LogP contribution is 2.30. The van der Waals surface area contributed by atoms with Crippen molar-refractivity contribution in [3.8, 4) is 27.6 Å². The molecule has 2 heterocycles. The predicted molar refractivity (Wildman–Crippen MR) is 122 cm³/mol. The van der Waals surface area contributed by atoms with Crippen LogP contribution in [0.2, 0.25) is 5.02 Å². The molecule has 0 bridgehead atoms. The molecule has 0 atom stereocenters. The van der Waals surface area contributed by atoms with E-state index in [1.54, 1.807) is 10.7 Å². The maximum absolute atomic E-state index is 11.9. The Morgan fingerprint density at radius 1 is 1.07 bits per heavy atom. The molecule has 0 saturated heterocycles. The van der Waals surface area contributed by atoms with Crippen molar-refractivity contribution in [1.82, 2.24) is 14.8 Å². The molecule has 146 valence electrons. The minimum absolute atomic E-state index is 0.146. The summed E-state index contributed by atoms with van der Waals surface area (Å²) >= 11 is 16.5. The molecule has 0 spiro atoms. The van der Waals surface area contributed by atoms with E-state index in [9.17, 15) is 4.79 Å². The summed E-state index contributed by atoms with van der Waals surface area (Å²) in [5.41, 5.74) is 3.38. The van der Waals surface area contributed by atoms with Gasteiger partial charge in [-0.2, -0.15) is 9.78 Å². The smallest absolute Gasteiger partial charge is 0.240 e. The van der Waals surface area contributed by atoms with Crippen LogP contribution < -0.4 is 5.32 Å². The number of halogens is 3. The van der Waals surface area contributed by atoms with E-state index in [4.69, 9.17) is 23.2 Å². The number of nitrogens with zero attached hydrogens (tertiary/aromatic N) is 3. The van der Waals surface area contributed by atoms with Crippen LogP contribution in [0.5, 0.6) is 0 Å². The maximum atomic E-state index is 11.9. The van der Waals surface area contributed by atoms with Crippen LogP contribution in [0.3, 0.4) is 0 Å². The Balaban J connectivity index is 1.74. The molecule has 5 nitrogen and oxygen atoms in total. The van der Waals surface area contributed by atoms with Gasteiger partial charge in [-0.05, 0) is 24.3 Å². The van der Waals surface area contributed by atoms with E-state index in [0.29, 0.717) is 21.7 Å². The Morgan fingerprint density at radius 3 is 2.41 bits per heavy atom. The third kappa shape index (κ3) is 4.53. The standard InChI is InChI=1S/C20H13BrCl2N4OS/c21-14-5-1-12(2-6-14)16-9-18(25-19(28)10-22)27(26-16)20-24-17(11-29-20)13-3-7-15(23)8-4-13/h1-9,11H,10H2,(H,25,28). The van der Waals surface area contributed by atoms with Gasteiger partial charge in [0.25, 0.3) is 0 Å². The Morgan fingerprint density at radius 2 is 1.72 bits per heavy atom. The molecule has 0 saturated carbocycles. The second-order valence-electron chi connectivity index (χ2n) is 6.04. The van der Waals surface area contributed by atoms with Crippen LogP contribution in [0.15, 0.2) is 64.5 Å². The van der Waals surface area contributed by atoms with Crippen molar-refractivity contribution >= 4 is 62.2 Å². The van der Waals surface area contributed by atoms with Crippen molar-refractivity contribution in [3.63, 3.8) is 0 Å². The fourth-order valence-electron chi connectivity index (χ4n) is 2.67. The van der Waals surface area contributed by atoms with Crippen molar-refractivity contribution in [3.05, 3.63) is 69.5 Å². The molecular formula is C20H13BrCl2N4OS. The zero-order chi connectivity index (χ0) is 20.4. The van der Waals surface area contributed by atoms with Crippen LogP contribution in [0.1, 0.15) is 0 Å².